The van der Waals surface area contributed by atoms with Crippen LogP contribution in [0.25, 0.3) is 21.8 Å². The van der Waals surface area contributed by atoms with Crippen molar-refractivity contribution >= 4 is 21.8 Å². The van der Waals surface area contributed by atoms with E-state index in [1.165, 1.54) is 10.8 Å². The molecule has 0 spiro atoms. The Morgan fingerprint density at radius 1 is 0.345 bits per heavy atom. The first-order valence-electron chi connectivity index (χ1n) is 21.4. The van der Waals surface area contributed by atoms with Gasteiger partial charge in [0.1, 0.15) is 0 Å². The Labute approximate surface area is 346 Å². The summed E-state index contributed by atoms with van der Waals surface area (Å²) in [4.78, 5) is 34.1. The molecule has 0 aliphatic carbocycles. The molecule has 2 aliphatic rings. The van der Waals surface area contributed by atoms with Crippen LogP contribution in [0, 0.1) is 0 Å². The molecule has 10 heteroatoms. The number of fused-ring (bicyclic) bond motifs is 2. The third-order valence-electron chi connectivity index (χ3n) is 11.6. The van der Waals surface area contributed by atoms with E-state index in [4.69, 9.17) is 9.97 Å². The van der Waals surface area contributed by atoms with Gasteiger partial charge in [0.25, 0.3) is 0 Å². The predicted octanol–water partition coefficient (Wildman–Crippen LogP) is 6.54. The normalized spacial score (nSPS) is 17.7. The molecule has 0 saturated carbocycles. The van der Waals surface area contributed by atoms with Crippen molar-refractivity contribution in [1.29, 1.82) is 0 Å². The average Bonchev–Trinajstić information content (AvgIpc) is 3.43. The summed E-state index contributed by atoms with van der Waals surface area (Å²) in [5.74, 6) is 0. The van der Waals surface area contributed by atoms with Crippen molar-refractivity contribution in [3.63, 3.8) is 0 Å². The van der Waals surface area contributed by atoms with Crippen LogP contribution in [-0.2, 0) is 26.2 Å². The number of hydrogen-bond donors (Lipinski definition) is 0. The van der Waals surface area contributed by atoms with E-state index in [0.717, 1.165) is 152 Å². The molecule has 6 heterocycles. The van der Waals surface area contributed by atoms with Gasteiger partial charge >= 0.3 is 0 Å². The van der Waals surface area contributed by atoms with Crippen LogP contribution in [0.4, 0.5) is 0 Å². The van der Waals surface area contributed by atoms with Gasteiger partial charge in [-0.1, -0.05) is 74.5 Å². The van der Waals surface area contributed by atoms with Gasteiger partial charge < -0.3 is 9.80 Å². The van der Waals surface area contributed by atoms with E-state index in [1.54, 1.807) is 0 Å². The number of benzene rings is 2. The van der Waals surface area contributed by atoms with Crippen LogP contribution in [0.5, 0.6) is 0 Å². The topological polar surface area (TPSA) is 71.0 Å². The van der Waals surface area contributed by atoms with E-state index in [2.05, 4.69) is 150 Å². The first-order valence-corrected chi connectivity index (χ1v) is 21.4. The standard InChI is InChI=1S/C28H33N5.C20H29N5/c1-2-31-15-17-32(21-25-13-11-23-7-3-5-9-27(23)29-25)19-20-33(18-16-31)22-26-14-12-24-8-4-6-10-28(24)30-26;1-2-23-11-13-24(17-19-7-3-5-9-21-19)15-16-25(14-12-23)18-20-8-4-6-10-22-20/h3-14H,2,15-22H2,1H3;3-10H,2,11-18H2,1H3. The quantitative estimate of drug-likeness (QED) is 0.153. The molecule has 0 radical (unpaired) electrons. The molecule has 4 aromatic heterocycles. The van der Waals surface area contributed by atoms with E-state index < -0.39 is 0 Å². The molecule has 0 atom stereocenters. The van der Waals surface area contributed by atoms with Gasteiger partial charge in [-0.15, -0.1) is 0 Å². The van der Waals surface area contributed by atoms with Crippen molar-refractivity contribution in [2.24, 2.45) is 0 Å². The summed E-state index contributed by atoms with van der Waals surface area (Å²) in [6.45, 7) is 23.4. The zero-order chi connectivity index (χ0) is 39.8. The van der Waals surface area contributed by atoms with Crippen LogP contribution in [0.15, 0.2) is 122 Å². The van der Waals surface area contributed by atoms with Gasteiger partial charge in [-0.3, -0.25) is 39.5 Å². The lowest BCUT2D eigenvalue weighted by Crippen LogP contribution is -2.35. The minimum absolute atomic E-state index is 0.893. The molecule has 0 N–H and O–H groups in total. The van der Waals surface area contributed by atoms with Gasteiger partial charge in [0.05, 0.1) is 33.8 Å². The molecule has 2 fully saturated rings. The van der Waals surface area contributed by atoms with E-state index >= 15 is 0 Å². The maximum Gasteiger partial charge on any atom is 0.0705 e. The summed E-state index contributed by atoms with van der Waals surface area (Å²) in [5, 5.41) is 2.41. The van der Waals surface area contributed by atoms with Crippen molar-refractivity contribution in [2.75, 3.05) is 91.6 Å². The van der Waals surface area contributed by atoms with Crippen molar-refractivity contribution < 1.29 is 0 Å². The fourth-order valence-electron chi connectivity index (χ4n) is 7.93. The fraction of sp³-hybridized carbons (Fsp3) is 0.417. The summed E-state index contributed by atoms with van der Waals surface area (Å²) in [7, 11) is 0. The van der Waals surface area contributed by atoms with Gasteiger partial charge in [0.2, 0.25) is 0 Å². The average molecular weight is 779 g/mol. The molecule has 2 aliphatic heterocycles. The van der Waals surface area contributed by atoms with Gasteiger partial charge in [0.15, 0.2) is 0 Å². The lowest BCUT2D eigenvalue weighted by Gasteiger charge is -2.25. The zero-order valence-electron chi connectivity index (χ0n) is 34.7. The molecule has 0 unspecified atom stereocenters. The molecule has 8 rings (SSSR count). The third-order valence-corrected chi connectivity index (χ3v) is 11.6. The Hall–Kier alpha value is -4.68. The van der Waals surface area contributed by atoms with Crippen molar-refractivity contribution in [3.05, 3.63) is 144 Å². The lowest BCUT2D eigenvalue weighted by molar-refractivity contribution is 0.207. The monoisotopic (exact) mass is 779 g/mol. The summed E-state index contributed by atoms with van der Waals surface area (Å²) >= 11 is 0. The molecule has 6 aromatic rings. The van der Waals surface area contributed by atoms with Crippen LogP contribution in [0.2, 0.25) is 0 Å². The number of para-hydroxylation sites is 2. The van der Waals surface area contributed by atoms with Crippen LogP contribution in [-0.4, -0.2) is 141 Å². The highest BCUT2D eigenvalue weighted by atomic mass is 15.3. The first kappa shape index (κ1) is 41.5. The number of pyridine rings is 4. The molecule has 2 saturated heterocycles. The fourth-order valence-corrected chi connectivity index (χ4v) is 7.93. The van der Waals surface area contributed by atoms with Crippen LogP contribution in [0.3, 0.4) is 0 Å². The lowest BCUT2D eigenvalue weighted by atomic mass is 10.2. The second-order valence-corrected chi connectivity index (χ2v) is 15.6. The highest BCUT2D eigenvalue weighted by Gasteiger charge is 2.19. The van der Waals surface area contributed by atoms with Gasteiger partial charge in [-0.25, -0.2) is 0 Å². The Balaban J connectivity index is 0.000000184. The molecule has 0 bridgehead atoms. The molecule has 0 amide bonds. The number of aromatic nitrogens is 4. The second kappa shape index (κ2) is 21.9. The maximum absolute atomic E-state index is 4.92. The summed E-state index contributed by atoms with van der Waals surface area (Å²) in [6, 6.07) is 37.9. The Morgan fingerprint density at radius 2 is 0.672 bits per heavy atom. The molecule has 10 nitrogen and oxygen atoms in total. The van der Waals surface area contributed by atoms with Crippen LogP contribution < -0.4 is 0 Å². The molecule has 304 valence electrons. The van der Waals surface area contributed by atoms with Crippen LogP contribution >= 0.6 is 0 Å². The zero-order valence-corrected chi connectivity index (χ0v) is 34.7. The Bertz CT molecular complexity index is 1950. The summed E-state index contributed by atoms with van der Waals surface area (Å²) < 4.78 is 0. The number of likely N-dealkylation sites (N-methyl/N-ethyl adjacent to an activating group) is 2. The molecule has 58 heavy (non-hydrogen) atoms. The van der Waals surface area contributed by atoms with E-state index in [9.17, 15) is 0 Å². The Kier molecular flexibility index (Phi) is 15.7. The molecule has 2 aromatic carbocycles. The van der Waals surface area contributed by atoms with Crippen LogP contribution in [0.1, 0.15) is 36.6 Å². The van der Waals surface area contributed by atoms with Crippen molar-refractivity contribution in [2.45, 2.75) is 40.0 Å². The first-order chi connectivity index (χ1) is 28.6. The third kappa shape index (κ3) is 12.7. The van der Waals surface area contributed by atoms with Crippen molar-refractivity contribution in [3.8, 4) is 0 Å². The highest BCUT2D eigenvalue weighted by molar-refractivity contribution is 5.79. The Morgan fingerprint density at radius 3 is 1.02 bits per heavy atom. The van der Waals surface area contributed by atoms with E-state index in [0.29, 0.717) is 0 Å². The summed E-state index contributed by atoms with van der Waals surface area (Å²) in [6.07, 6.45) is 3.77. The van der Waals surface area contributed by atoms with E-state index in [1.807, 2.05) is 24.5 Å². The van der Waals surface area contributed by atoms with E-state index in [-0.39, 0.29) is 0 Å². The SMILES string of the molecule is CCN1CCN(Cc2ccc3ccccc3n2)CCN(Cc2ccc3ccccc3n2)CC1.CCN1CCN(Cc2ccccn2)CCN(Cc2ccccn2)CC1. The van der Waals surface area contributed by atoms with Gasteiger partial charge in [-0.05, 0) is 61.6 Å². The number of hydrogen-bond acceptors (Lipinski definition) is 10. The number of rotatable bonds is 10. The maximum atomic E-state index is 4.92. The predicted molar refractivity (Wildman–Crippen MR) is 237 cm³/mol. The van der Waals surface area contributed by atoms with Crippen molar-refractivity contribution in [1.82, 2.24) is 49.3 Å². The minimum Gasteiger partial charge on any atom is -0.301 e. The highest BCUT2D eigenvalue weighted by Crippen LogP contribution is 2.16. The van der Waals surface area contributed by atoms with Gasteiger partial charge in [0, 0.05) is 128 Å². The second-order valence-electron chi connectivity index (χ2n) is 15.6. The largest absolute Gasteiger partial charge is 0.301 e. The molecular formula is C48H62N10. The number of nitrogens with zero attached hydrogens (tertiary/aromatic N) is 10. The summed E-state index contributed by atoms with van der Waals surface area (Å²) in [5.41, 5.74) is 6.77. The van der Waals surface area contributed by atoms with Gasteiger partial charge in [-0.2, -0.15) is 0 Å². The smallest absolute Gasteiger partial charge is 0.0705 e. The molecular weight excluding hydrogens is 717 g/mol. The minimum atomic E-state index is 0.893.